The average Bonchev–Trinajstić information content (AvgIpc) is 2.83. The van der Waals surface area contributed by atoms with Crippen molar-refractivity contribution in [1.82, 2.24) is 5.32 Å². The Labute approximate surface area is 114 Å². The van der Waals surface area contributed by atoms with Crippen molar-refractivity contribution in [2.24, 2.45) is 0 Å². The van der Waals surface area contributed by atoms with Crippen molar-refractivity contribution in [2.75, 3.05) is 0 Å². The van der Waals surface area contributed by atoms with Gasteiger partial charge in [0.05, 0.1) is 12.5 Å². The number of aryl methyl sites for hydroxylation is 2. The number of rotatable bonds is 3. The number of hydrogen-bond donors (Lipinski definition) is 1. The predicted molar refractivity (Wildman–Crippen MR) is 74.6 cm³/mol. The van der Waals surface area contributed by atoms with E-state index in [1.54, 1.807) is 0 Å². The zero-order valence-corrected chi connectivity index (χ0v) is 11.6. The number of carbonyl (C=O) groups is 1. The van der Waals surface area contributed by atoms with E-state index < -0.39 is 5.54 Å². The molecule has 0 atom stereocenters. The third-order valence-corrected chi connectivity index (χ3v) is 3.91. The van der Waals surface area contributed by atoms with Crippen LogP contribution in [0, 0.1) is 25.2 Å². The molecule has 19 heavy (non-hydrogen) atoms. The summed E-state index contributed by atoms with van der Waals surface area (Å²) in [6.45, 7) is 4.03. The number of hydrogen-bond acceptors (Lipinski definition) is 2. The van der Waals surface area contributed by atoms with Crippen LogP contribution >= 0.6 is 0 Å². The fraction of sp³-hybridized carbons (Fsp3) is 0.500. The molecule has 0 heterocycles. The van der Waals surface area contributed by atoms with Gasteiger partial charge in [0, 0.05) is 0 Å². The van der Waals surface area contributed by atoms with Gasteiger partial charge >= 0.3 is 0 Å². The summed E-state index contributed by atoms with van der Waals surface area (Å²) in [5, 5.41) is 12.2. The molecule has 100 valence electrons. The average molecular weight is 256 g/mol. The molecule has 0 unspecified atom stereocenters. The Morgan fingerprint density at radius 3 is 2.68 bits per heavy atom. The second kappa shape index (κ2) is 5.44. The molecule has 1 aromatic rings. The molecule has 0 spiro atoms. The van der Waals surface area contributed by atoms with Crippen molar-refractivity contribution < 1.29 is 4.79 Å². The fourth-order valence-electron chi connectivity index (χ4n) is 2.72. The summed E-state index contributed by atoms with van der Waals surface area (Å²) in [6, 6.07) is 8.41. The van der Waals surface area contributed by atoms with Crippen LogP contribution in [0.25, 0.3) is 0 Å². The van der Waals surface area contributed by atoms with E-state index in [4.69, 9.17) is 0 Å². The highest BCUT2D eigenvalue weighted by molar-refractivity contribution is 5.80. The first-order valence-electron chi connectivity index (χ1n) is 6.83. The lowest BCUT2D eigenvalue weighted by Gasteiger charge is -2.22. The smallest absolute Gasteiger partial charge is 0.225 e. The lowest BCUT2D eigenvalue weighted by atomic mass is 9.98. The molecule has 0 radical (unpaired) electrons. The summed E-state index contributed by atoms with van der Waals surface area (Å²) in [6.07, 6.45) is 3.97. The Morgan fingerprint density at radius 1 is 1.37 bits per heavy atom. The highest BCUT2D eigenvalue weighted by atomic mass is 16.1. The van der Waals surface area contributed by atoms with Gasteiger partial charge in [-0.3, -0.25) is 4.79 Å². The number of nitrogens with zero attached hydrogens (tertiary/aromatic N) is 1. The van der Waals surface area contributed by atoms with Crippen LogP contribution < -0.4 is 5.32 Å². The topological polar surface area (TPSA) is 52.9 Å². The van der Waals surface area contributed by atoms with Gasteiger partial charge in [-0.25, -0.2) is 0 Å². The Hall–Kier alpha value is -1.82. The van der Waals surface area contributed by atoms with E-state index in [0.29, 0.717) is 6.42 Å². The minimum Gasteiger partial charge on any atom is -0.338 e. The molecule has 1 amide bonds. The van der Waals surface area contributed by atoms with Gasteiger partial charge in [0.1, 0.15) is 5.54 Å². The molecule has 1 saturated carbocycles. The fourth-order valence-corrected chi connectivity index (χ4v) is 2.72. The maximum absolute atomic E-state index is 12.1. The van der Waals surface area contributed by atoms with Crippen LogP contribution in [0.4, 0.5) is 0 Å². The molecule has 0 aliphatic heterocycles. The summed E-state index contributed by atoms with van der Waals surface area (Å²) in [4.78, 5) is 12.1. The summed E-state index contributed by atoms with van der Waals surface area (Å²) in [5.74, 6) is -0.0443. The van der Waals surface area contributed by atoms with Gasteiger partial charge in [-0.2, -0.15) is 5.26 Å². The first kappa shape index (κ1) is 13.6. The third kappa shape index (κ3) is 3.14. The zero-order valence-electron chi connectivity index (χ0n) is 11.6. The zero-order chi connectivity index (χ0) is 13.9. The van der Waals surface area contributed by atoms with Crippen molar-refractivity contribution in [3.63, 3.8) is 0 Å². The summed E-state index contributed by atoms with van der Waals surface area (Å²) < 4.78 is 0. The second-order valence-corrected chi connectivity index (χ2v) is 5.56. The maximum Gasteiger partial charge on any atom is 0.225 e. The normalized spacial score (nSPS) is 16.9. The molecular weight excluding hydrogens is 236 g/mol. The van der Waals surface area contributed by atoms with Gasteiger partial charge in [-0.1, -0.05) is 23.8 Å². The monoisotopic (exact) mass is 256 g/mol. The van der Waals surface area contributed by atoms with E-state index in [1.165, 1.54) is 0 Å². The molecule has 1 fully saturated rings. The number of nitriles is 1. The predicted octanol–water partition coefficient (Wildman–Crippen LogP) is 2.80. The van der Waals surface area contributed by atoms with Gasteiger partial charge in [-0.05, 0) is 50.7 Å². The maximum atomic E-state index is 12.1. The van der Waals surface area contributed by atoms with Gasteiger partial charge < -0.3 is 5.32 Å². The Balaban J connectivity index is 2.05. The van der Waals surface area contributed by atoms with Crippen molar-refractivity contribution in [2.45, 2.75) is 51.5 Å². The van der Waals surface area contributed by atoms with E-state index >= 15 is 0 Å². The largest absolute Gasteiger partial charge is 0.338 e. The lowest BCUT2D eigenvalue weighted by molar-refractivity contribution is -0.121. The van der Waals surface area contributed by atoms with Crippen LogP contribution in [0.15, 0.2) is 18.2 Å². The lowest BCUT2D eigenvalue weighted by Crippen LogP contribution is -2.45. The minimum absolute atomic E-state index is 0.0443. The van der Waals surface area contributed by atoms with Crippen molar-refractivity contribution in [3.8, 4) is 6.07 Å². The Morgan fingerprint density at radius 2 is 2.05 bits per heavy atom. The van der Waals surface area contributed by atoms with Crippen LogP contribution in [-0.2, 0) is 11.2 Å². The van der Waals surface area contributed by atoms with Crippen LogP contribution in [0.1, 0.15) is 42.4 Å². The number of amides is 1. The van der Waals surface area contributed by atoms with E-state index in [9.17, 15) is 10.1 Å². The number of benzene rings is 1. The van der Waals surface area contributed by atoms with Crippen LogP contribution in [0.2, 0.25) is 0 Å². The summed E-state index contributed by atoms with van der Waals surface area (Å²) in [5.41, 5.74) is 2.71. The SMILES string of the molecule is Cc1ccc(C)c(CC(=O)NC2(C#N)CCCC2)c1. The van der Waals surface area contributed by atoms with Crippen molar-refractivity contribution in [3.05, 3.63) is 34.9 Å². The van der Waals surface area contributed by atoms with Crippen LogP contribution in [-0.4, -0.2) is 11.4 Å². The van der Waals surface area contributed by atoms with E-state index in [1.807, 2.05) is 32.0 Å². The first-order chi connectivity index (χ1) is 9.04. The third-order valence-electron chi connectivity index (χ3n) is 3.91. The standard InChI is InChI=1S/C16H20N2O/c1-12-5-6-13(2)14(9-12)10-15(19)18-16(11-17)7-3-4-8-16/h5-6,9H,3-4,7-8,10H2,1-2H3,(H,18,19). The highest BCUT2D eigenvalue weighted by Gasteiger charge is 2.35. The number of nitrogens with one attached hydrogen (secondary N) is 1. The van der Waals surface area contributed by atoms with Crippen molar-refractivity contribution >= 4 is 5.91 Å². The van der Waals surface area contributed by atoms with E-state index in [0.717, 1.165) is 42.4 Å². The highest BCUT2D eigenvalue weighted by Crippen LogP contribution is 2.29. The summed E-state index contributed by atoms with van der Waals surface area (Å²) >= 11 is 0. The molecule has 3 nitrogen and oxygen atoms in total. The molecular formula is C16H20N2O. The molecule has 1 aliphatic rings. The molecule has 1 aromatic carbocycles. The molecule has 0 aromatic heterocycles. The summed E-state index contributed by atoms with van der Waals surface area (Å²) in [7, 11) is 0. The Bertz CT molecular complexity index is 522. The second-order valence-electron chi connectivity index (χ2n) is 5.56. The van der Waals surface area contributed by atoms with Gasteiger partial charge in [0.2, 0.25) is 5.91 Å². The van der Waals surface area contributed by atoms with Crippen molar-refractivity contribution in [1.29, 1.82) is 5.26 Å². The van der Waals surface area contributed by atoms with Crippen LogP contribution in [0.5, 0.6) is 0 Å². The van der Waals surface area contributed by atoms with E-state index in [2.05, 4.69) is 11.4 Å². The number of carbonyl (C=O) groups excluding carboxylic acids is 1. The van der Waals surface area contributed by atoms with E-state index in [-0.39, 0.29) is 5.91 Å². The molecule has 0 saturated heterocycles. The first-order valence-corrected chi connectivity index (χ1v) is 6.83. The Kier molecular flexibility index (Phi) is 3.90. The minimum atomic E-state index is -0.616. The molecule has 1 N–H and O–H groups in total. The van der Waals surface area contributed by atoms with Gasteiger partial charge in [0.25, 0.3) is 0 Å². The molecule has 0 bridgehead atoms. The van der Waals surface area contributed by atoms with Gasteiger partial charge in [0.15, 0.2) is 0 Å². The molecule has 2 rings (SSSR count). The quantitative estimate of drug-likeness (QED) is 0.904. The van der Waals surface area contributed by atoms with Gasteiger partial charge in [-0.15, -0.1) is 0 Å². The van der Waals surface area contributed by atoms with Crippen LogP contribution in [0.3, 0.4) is 0 Å². The molecule has 3 heteroatoms. The molecule has 1 aliphatic carbocycles.